The van der Waals surface area contributed by atoms with Crippen molar-refractivity contribution in [3.63, 3.8) is 0 Å². The third kappa shape index (κ3) is 3.51. The predicted octanol–water partition coefficient (Wildman–Crippen LogP) is 3.44. The van der Waals surface area contributed by atoms with Gasteiger partial charge in [-0.1, -0.05) is 25.1 Å². The van der Waals surface area contributed by atoms with Crippen LogP contribution in [-0.2, 0) is 0 Å². The summed E-state index contributed by atoms with van der Waals surface area (Å²) in [5.41, 5.74) is 1.93. The summed E-state index contributed by atoms with van der Waals surface area (Å²) in [7, 11) is 1.97. The minimum atomic E-state index is 0.148. The summed E-state index contributed by atoms with van der Waals surface area (Å²) in [6.45, 7) is 6.34. The minimum absolute atomic E-state index is 0.148. The van der Waals surface area contributed by atoms with Gasteiger partial charge in [-0.05, 0) is 42.3 Å². The number of carbonyl (C=O) groups is 1. The number of nitrogens with one attached hydrogen (secondary N) is 1. The Hall–Kier alpha value is -2.56. The summed E-state index contributed by atoms with van der Waals surface area (Å²) in [5, 5.41) is 10.4. The van der Waals surface area contributed by atoms with Crippen LogP contribution in [0, 0.1) is 11.3 Å². The van der Waals surface area contributed by atoms with Gasteiger partial charge in [-0.2, -0.15) is 0 Å². The highest BCUT2D eigenvalue weighted by Crippen LogP contribution is 2.29. The third-order valence-electron chi connectivity index (χ3n) is 5.90. The lowest BCUT2D eigenvalue weighted by Gasteiger charge is -2.36. The average Bonchev–Trinajstić information content (AvgIpc) is 2.68. The second-order valence-corrected chi connectivity index (χ2v) is 8.00. The number of amides is 1. The highest BCUT2D eigenvalue weighted by molar-refractivity contribution is 6.02. The van der Waals surface area contributed by atoms with E-state index in [0.29, 0.717) is 18.3 Å². The highest BCUT2D eigenvalue weighted by atomic mass is 16.2. The number of carbonyl (C=O) groups excluding carboxylic acids is 1. The van der Waals surface area contributed by atoms with Crippen LogP contribution in [0.25, 0.3) is 10.8 Å². The van der Waals surface area contributed by atoms with Gasteiger partial charge in [0.25, 0.3) is 5.91 Å². The number of likely N-dealkylation sites (N-methyl/N-ethyl adjacent to an activating group) is 1. The Bertz CT molecular complexity index is 878. The topological polar surface area (TPSA) is 50.6 Å². The van der Waals surface area contributed by atoms with E-state index in [1.54, 1.807) is 0 Å². The molecule has 2 aromatic carbocycles. The molecule has 2 aliphatic rings. The van der Waals surface area contributed by atoms with E-state index in [9.17, 15) is 4.79 Å². The molecule has 0 bridgehead atoms. The fraction of sp³-hybridized carbons (Fsp3) is 0.455. The lowest BCUT2D eigenvalue weighted by molar-refractivity contribution is 0.0683. The molecule has 2 aromatic rings. The molecule has 5 nitrogen and oxygen atoms in total. The smallest absolute Gasteiger partial charge is 0.253 e. The zero-order chi connectivity index (χ0) is 19.0. The van der Waals surface area contributed by atoms with Gasteiger partial charge in [-0.3, -0.25) is 10.2 Å². The van der Waals surface area contributed by atoms with Crippen LogP contribution in [0.2, 0.25) is 0 Å². The Morgan fingerprint density at radius 3 is 2.78 bits per heavy atom. The Kier molecular flexibility index (Phi) is 4.77. The fourth-order valence-electron chi connectivity index (χ4n) is 4.22. The number of amidine groups is 1. The maximum absolute atomic E-state index is 12.9. The van der Waals surface area contributed by atoms with E-state index in [2.05, 4.69) is 36.1 Å². The normalized spacial score (nSPS) is 21.0. The van der Waals surface area contributed by atoms with E-state index in [1.165, 1.54) is 6.42 Å². The van der Waals surface area contributed by atoms with Crippen LogP contribution in [0.4, 0.5) is 5.69 Å². The lowest BCUT2D eigenvalue weighted by atomic mass is 9.98. The number of hydrogen-bond donors (Lipinski definition) is 1. The van der Waals surface area contributed by atoms with Crippen molar-refractivity contribution >= 4 is 28.2 Å². The molecule has 1 N–H and O–H groups in total. The summed E-state index contributed by atoms with van der Waals surface area (Å²) in [6, 6.07) is 12.3. The van der Waals surface area contributed by atoms with Crippen molar-refractivity contribution < 1.29 is 4.79 Å². The number of rotatable bonds is 2. The number of fused-ring (bicyclic) bond motifs is 1. The van der Waals surface area contributed by atoms with E-state index in [4.69, 9.17) is 5.41 Å². The molecule has 2 saturated heterocycles. The third-order valence-corrected chi connectivity index (χ3v) is 5.90. The average molecular weight is 364 g/mol. The number of piperidine rings is 1. The summed E-state index contributed by atoms with van der Waals surface area (Å²) >= 11 is 0. The van der Waals surface area contributed by atoms with Crippen LogP contribution in [0.3, 0.4) is 0 Å². The Morgan fingerprint density at radius 2 is 2.00 bits per heavy atom. The van der Waals surface area contributed by atoms with E-state index in [0.717, 1.165) is 54.6 Å². The monoisotopic (exact) mass is 364 g/mol. The molecule has 0 aromatic heterocycles. The first-order valence-corrected chi connectivity index (χ1v) is 9.88. The van der Waals surface area contributed by atoms with Gasteiger partial charge < -0.3 is 14.7 Å². The Morgan fingerprint density at radius 1 is 1.15 bits per heavy atom. The maximum Gasteiger partial charge on any atom is 0.253 e. The minimum Gasteiger partial charge on any atom is -0.362 e. The van der Waals surface area contributed by atoms with Crippen LogP contribution in [0.5, 0.6) is 0 Å². The van der Waals surface area contributed by atoms with Crippen LogP contribution in [0.1, 0.15) is 30.1 Å². The van der Waals surface area contributed by atoms with Gasteiger partial charge in [0.1, 0.15) is 5.84 Å². The standard InChI is InChI=1S/C22H28N4O/c1-16-5-4-10-26(14-16)22(27)18-8-9-19-17(13-18)6-3-7-20(19)25-12-11-24(2)21(23)15-25/h3,6-9,13,16,23H,4-5,10-12,14-15H2,1-2H3/t16-/m0/s1. The summed E-state index contributed by atoms with van der Waals surface area (Å²) in [4.78, 5) is 19.2. The molecule has 2 aliphatic heterocycles. The fourth-order valence-corrected chi connectivity index (χ4v) is 4.22. The SMILES string of the molecule is C[C@H]1CCCN(C(=O)c2ccc3c(N4CCN(C)C(=N)C4)cccc3c2)C1. The number of likely N-dealkylation sites (tertiary alicyclic amines) is 1. The van der Waals surface area contributed by atoms with Gasteiger partial charge >= 0.3 is 0 Å². The van der Waals surface area contributed by atoms with E-state index in [1.807, 2.05) is 29.0 Å². The molecule has 0 unspecified atom stereocenters. The second-order valence-electron chi connectivity index (χ2n) is 8.00. The van der Waals surface area contributed by atoms with Crippen LogP contribution in [-0.4, -0.2) is 61.3 Å². The van der Waals surface area contributed by atoms with Crippen molar-refractivity contribution in [2.75, 3.05) is 44.7 Å². The van der Waals surface area contributed by atoms with Crippen LogP contribution >= 0.6 is 0 Å². The van der Waals surface area contributed by atoms with E-state index in [-0.39, 0.29) is 5.91 Å². The zero-order valence-corrected chi connectivity index (χ0v) is 16.2. The number of nitrogens with zero attached hydrogens (tertiary/aromatic N) is 3. The molecule has 0 aliphatic carbocycles. The number of hydrogen-bond acceptors (Lipinski definition) is 3. The van der Waals surface area contributed by atoms with E-state index < -0.39 is 0 Å². The molecule has 0 spiro atoms. The lowest BCUT2D eigenvalue weighted by Crippen LogP contribution is -2.48. The van der Waals surface area contributed by atoms with E-state index >= 15 is 0 Å². The molecule has 2 fully saturated rings. The molecule has 1 amide bonds. The number of benzene rings is 2. The van der Waals surface area contributed by atoms with Crippen molar-refractivity contribution in [1.29, 1.82) is 5.41 Å². The van der Waals surface area contributed by atoms with Gasteiger partial charge in [-0.25, -0.2) is 0 Å². The van der Waals surface area contributed by atoms with Gasteiger partial charge in [0.15, 0.2) is 0 Å². The highest BCUT2D eigenvalue weighted by Gasteiger charge is 2.23. The number of piperazine rings is 1. The molecule has 1 atom stereocenters. The largest absolute Gasteiger partial charge is 0.362 e. The molecule has 142 valence electrons. The quantitative estimate of drug-likeness (QED) is 0.888. The van der Waals surface area contributed by atoms with Gasteiger partial charge in [0.05, 0.1) is 6.54 Å². The van der Waals surface area contributed by atoms with Gasteiger partial charge in [0, 0.05) is 49.9 Å². The predicted molar refractivity (Wildman–Crippen MR) is 111 cm³/mol. The zero-order valence-electron chi connectivity index (χ0n) is 16.2. The Balaban J connectivity index is 1.62. The van der Waals surface area contributed by atoms with Crippen molar-refractivity contribution in [2.24, 2.45) is 5.92 Å². The van der Waals surface area contributed by atoms with Crippen molar-refractivity contribution in [2.45, 2.75) is 19.8 Å². The van der Waals surface area contributed by atoms with Crippen molar-refractivity contribution in [3.05, 3.63) is 42.0 Å². The maximum atomic E-state index is 12.9. The Labute approximate surface area is 161 Å². The summed E-state index contributed by atoms with van der Waals surface area (Å²) in [5.74, 6) is 1.38. The molecular formula is C22H28N4O. The molecular weight excluding hydrogens is 336 g/mol. The molecule has 4 rings (SSSR count). The molecule has 5 heteroatoms. The molecule has 0 radical (unpaired) electrons. The molecule has 0 saturated carbocycles. The first kappa shape index (κ1) is 17.8. The van der Waals surface area contributed by atoms with Crippen LogP contribution in [0.15, 0.2) is 36.4 Å². The summed E-state index contributed by atoms with van der Waals surface area (Å²) < 4.78 is 0. The molecule has 2 heterocycles. The van der Waals surface area contributed by atoms with Gasteiger partial charge in [0.2, 0.25) is 0 Å². The van der Waals surface area contributed by atoms with Gasteiger partial charge in [-0.15, -0.1) is 0 Å². The first-order valence-electron chi connectivity index (χ1n) is 9.88. The molecule has 27 heavy (non-hydrogen) atoms. The first-order chi connectivity index (χ1) is 13.0. The summed E-state index contributed by atoms with van der Waals surface area (Å²) in [6.07, 6.45) is 2.31. The second kappa shape index (κ2) is 7.22. The van der Waals surface area contributed by atoms with Crippen molar-refractivity contribution in [1.82, 2.24) is 9.80 Å². The van der Waals surface area contributed by atoms with Crippen molar-refractivity contribution in [3.8, 4) is 0 Å². The van der Waals surface area contributed by atoms with Crippen LogP contribution < -0.4 is 4.90 Å². The number of anilines is 1.